The van der Waals surface area contributed by atoms with Crippen molar-refractivity contribution in [3.63, 3.8) is 0 Å². The van der Waals surface area contributed by atoms with Gasteiger partial charge in [-0.15, -0.1) is 0 Å². The van der Waals surface area contributed by atoms with Crippen molar-refractivity contribution < 1.29 is 13.9 Å². The summed E-state index contributed by atoms with van der Waals surface area (Å²) in [4.78, 5) is 1.61. The highest BCUT2D eigenvalue weighted by Crippen LogP contribution is 2.31. The van der Waals surface area contributed by atoms with Gasteiger partial charge in [0.2, 0.25) is 0 Å². The van der Waals surface area contributed by atoms with Crippen molar-refractivity contribution in [3.05, 3.63) is 29.3 Å². The molecule has 0 bridgehead atoms. The third-order valence-electron chi connectivity index (χ3n) is 3.94. The van der Waals surface area contributed by atoms with Gasteiger partial charge in [0.1, 0.15) is 22.3 Å². The minimum atomic E-state index is -0.683. The van der Waals surface area contributed by atoms with Crippen LogP contribution in [0.1, 0.15) is 37.7 Å². The van der Waals surface area contributed by atoms with Crippen LogP contribution >= 0.6 is 12.2 Å². The summed E-state index contributed by atoms with van der Waals surface area (Å²) >= 11 is 4.76. The quantitative estimate of drug-likeness (QED) is 0.821. The Balaban J connectivity index is 2.37. The monoisotopic (exact) mass is 314 g/mol. The molecular weight excluding hydrogens is 294 g/mol. The molecule has 0 spiro atoms. The van der Waals surface area contributed by atoms with E-state index in [4.69, 9.17) is 18.0 Å². The molecule has 116 valence electrons. The van der Waals surface area contributed by atoms with Gasteiger partial charge >= 0.3 is 0 Å². The standard InChI is InChI=1S/C15H20F2N2OS/c16-12-8-10(15(18)21)9-13(17)14(12)19(6-7-20)11-4-2-1-3-5-11/h8-9,11,20H,1-7H2,(H2,18,21). The average Bonchev–Trinajstić information content (AvgIpc) is 2.46. The number of nitrogens with two attached hydrogens (primary N) is 1. The second-order valence-corrected chi connectivity index (χ2v) is 5.80. The second kappa shape index (κ2) is 7.13. The SMILES string of the molecule is NC(=S)c1cc(F)c(N(CCO)C2CCCCC2)c(F)c1. The van der Waals surface area contributed by atoms with Gasteiger partial charge in [0, 0.05) is 18.2 Å². The highest BCUT2D eigenvalue weighted by molar-refractivity contribution is 7.80. The van der Waals surface area contributed by atoms with E-state index in [1.807, 2.05) is 0 Å². The second-order valence-electron chi connectivity index (χ2n) is 5.36. The first-order valence-electron chi connectivity index (χ1n) is 7.21. The Labute approximate surface area is 128 Å². The van der Waals surface area contributed by atoms with Crippen LogP contribution in [0.5, 0.6) is 0 Å². The van der Waals surface area contributed by atoms with E-state index in [2.05, 4.69) is 0 Å². The Kier molecular flexibility index (Phi) is 5.47. The lowest BCUT2D eigenvalue weighted by Gasteiger charge is -2.36. The fourth-order valence-electron chi connectivity index (χ4n) is 2.96. The number of benzene rings is 1. The van der Waals surface area contributed by atoms with Crippen molar-refractivity contribution in [1.82, 2.24) is 0 Å². The molecule has 0 aliphatic heterocycles. The topological polar surface area (TPSA) is 49.5 Å². The van der Waals surface area contributed by atoms with E-state index in [9.17, 15) is 13.9 Å². The smallest absolute Gasteiger partial charge is 0.150 e. The number of anilines is 1. The van der Waals surface area contributed by atoms with Gasteiger partial charge in [-0.05, 0) is 25.0 Å². The molecule has 0 aromatic heterocycles. The first-order chi connectivity index (χ1) is 10.0. The van der Waals surface area contributed by atoms with Crippen LogP contribution in [0.4, 0.5) is 14.5 Å². The van der Waals surface area contributed by atoms with Gasteiger partial charge < -0.3 is 15.7 Å². The fourth-order valence-corrected chi connectivity index (χ4v) is 3.08. The van der Waals surface area contributed by atoms with E-state index in [0.29, 0.717) is 0 Å². The predicted molar refractivity (Wildman–Crippen MR) is 83.6 cm³/mol. The zero-order chi connectivity index (χ0) is 15.4. The first kappa shape index (κ1) is 16.1. The van der Waals surface area contributed by atoms with Crippen molar-refractivity contribution in [1.29, 1.82) is 0 Å². The van der Waals surface area contributed by atoms with Crippen LogP contribution in [0, 0.1) is 11.6 Å². The molecule has 1 aliphatic rings. The largest absolute Gasteiger partial charge is 0.395 e. The highest BCUT2D eigenvalue weighted by atomic mass is 32.1. The van der Waals surface area contributed by atoms with Gasteiger partial charge in [0.25, 0.3) is 0 Å². The molecule has 21 heavy (non-hydrogen) atoms. The van der Waals surface area contributed by atoms with E-state index in [0.717, 1.165) is 44.2 Å². The molecule has 1 aromatic carbocycles. The number of thiocarbonyl (C=S) groups is 1. The molecule has 3 nitrogen and oxygen atoms in total. The molecule has 1 saturated carbocycles. The molecule has 0 unspecified atom stereocenters. The van der Waals surface area contributed by atoms with Crippen LogP contribution in [0.15, 0.2) is 12.1 Å². The number of hydrogen-bond donors (Lipinski definition) is 2. The normalized spacial score (nSPS) is 16.0. The number of aliphatic hydroxyl groups excluding tert-OH is 1. The van der Waals surface area contributed by atoms with Gasteiger partial charge in [-0.2, -0.15) is 0 Å². The highest BCUT2D eigenvalue weighted by Gasteiger charge is 2.26. The maximum Gasteiger partial charge on any atom is 0.150 e. The summed E-state index contributed by atoms with van der Waals surface area (Å²) in [6.45, 7) is 0.0668. The number of nitrogens with zero attached hydrogens (tertiary/aromatic N) is 1. The lowest BCUT2D eigenvalue weighted by molar-refractivity contribution is 0.288. The van der Waals surface area contributed by atoms with Crippen molar-refractivity contribution in [3.8, 4) is 0 Å². The lowest BCUT2D eigenvalue weighted by Crippen LogP contribution is -2.40. The summed E-state index contributed by atoms with van der Waals surface area (Å²) in [5.41, 5.74) is 5.51. The van der Waals surface area contributed by atoms with Crippen molar-refractivity contribution in [2.45, 2.75) is 38.1 Å². The summed E-state index contributed by atoms with van der Waals surface area (Å²) in [6, 6.07) is 2.38. The Morgan fingerprint density at radius 1 is 1.24 bits per heavy atom. The number of rotatable bonds is 5. The zero-order valence-corrected chi connectivity index (χ0v) is 12.6. The number of aliphatic hydroxyl groups is 1. The molecule has 3 N–H and O–H groups in total. The van der Waals surface area contributed by atoms with Crippen molar-refractivity contribution >= 4 is 22.9 Å². The summed E-state index contributed by atoms with van der Waals surface area (Å²) in [5.74, 6) is -1.37. The average molecular weight is 314 g/mol. The Morgan fingerprint density at radius 3 is 2.29 bits per heavy atom. The molecule has 1 aromatic rings. The molecule has 0 heterocycles. The summed E-state index contributed by atoms with van der Waals surface area (Å²) in [6.07, 6.45) is 5.00. The van der Waals surface area contributed by atoms with E-state index < -0.39 is 11.6 Å². The molecule has 0 saturated heterocycles. The zero-order valence-electron chi connectivity index (χ0n) is 11.8. The van der Waals surface area contributed by atoms with Crippen LogP contribution in [-0.4, -0.2) is 29.3 Å². The number of halogens is 2. The van der Waals surface area contributed by atoms with Crippen molar-refractivity contribution in [2.24, 2.45) is 5.73 Å². The molecule has 2 rings (SSSR count). The van der Waals surface area contributed by atoms with Crippen LogP contribution in [0.25, 0.3) is 0 Å². The molecule has 0 radical (unpaired) electrons. The third-order valence-corrected chi connectivity index (χ3v) is 4.18. The molecule has 0 atom stereocenters. The van der Waals surface area contributed by atoms with E-state index in [1.54, 1.807) is 4.90 Å². The summed E-state index contributed by atoms with van der Waals surface area (Å²) in [5, 5.41) is 9.23. The summed E-state index contributed by atoms with van der Waals surface area (Å²) in [7, 11) is 0. The third kappa shape index (κ3) is 3.68. The molecule has 6 heteroatoms. The van der Waals surface area contributed by atoms with Gasteiger partial charge in [-0.25, -0.2) is 8.78 Å². The Bertz CT molecular complexity index is 495. The van der Waals surface area contributed by atoms with Gasteiger partial charge in [0.15, 0.2) is 0 Å². The lowest BCUT2D eigenvalue weighted by atomic mass is 9.93. The van der Waals surface area contributed by atoms with Gasteiger partial charge in [0.05, 0.1) is 6.61 Å². The fraction of sp³-hybridized carbons (Fsp3) is 0.533. The van der Waals surface area contributed by atoms with Crippen LogP contribution in [-0.2, 0) is 0 Å². The first-order valence-corrected chi connectivity index (χ1v) is 7.61. The minimum absolute atomic E-state index is 0.0364. The minimum Gasteiger partial charge on any atom is -0.395 e. The van der Waals surface area contributed by atoms with Crippen LogP contribution in [0.2, 0.25) is 0 Å². The summed E-state index contributed by atoms with van der Waals surface area (Å²) < 4.78 is 28.6. The number of hydrogen-bond acceptors (Lipinski definition) is 3. The molecular formula is C15H20F2N2OS. The molecule has 0 amide bonds. The van der Waals surface area contributed by atoms with E-state index in [1.165, 1.54) is 0 Å². The van der Waals surface area contributed by atoms with Gasteiger partial charge in [-0.1, -0.05) is 31.5 Å². The van der Waals surface area contributed by atoms with Crippen molar-refractivity contribution in [2.75, 3.05) is 18.1 Å². The molecule has 1 aliphatic carbocycles. The van der Waals surface area contributed by atoms with E-state index >= 15 is 0 Å². The molecule has 1 fully saturated rings. The van der Waals surface area contributed by atoms with E-state index in [-0.39, 0.29) is 35.4 Å². The predicted octanol–water partition coefficient (Wildman–Crippen LogP) is 2.73. The maximum atomic E-state index is 14.3. The van der Waals surface area contributed by atoms with Gasteiger partial charge in [-0.3, -0.25) is 0 Å². The Morgan fingerprint density at radius 2 is 1.81 bits per heavy atom. The van der Waals surface area contributed by atoms with Crippen LogP contribution < -0.4 is 10.6 Å². The Hall–Kier alpha value is -1.27. The van der Waals surface area contributed by atoms with Crippen LogP contribution in [0.3, 0.4) is 0 Å². The maximum absolute atomic E-state index is 14.3.